The van der Waals surface area contributed by atoms with Gasteiger partial charge in [0.15, 0.2) is 0 Å². The highest BCUT2D eigenvalue weighted by Gasteiger charge is 2.09. The van der Waals surface area contributed by atoms with Crippen molar-refractivity contribution in [1.29, 1.82) is 0 Å². The summed E-state index contributed by atoms with van der Waals surface area (Å²) in [6, 6.07) is 14.3. The molecule has 0 aromatic heterocycles. The minimum Gasteiger partial charge on any atom is -0.461 e. The van der Waals surface area contributed by atoms with Gasteiger partial charge in [-0.25, -0.2) is 0 Å². The van der Waals surface area contributed by atoms with Crippen LogP contribution < -0.4 is 4.74 Å². The van der Waals surface area contributed by atoms with Crippen molar-refractivity contribution in [3.63, 3.8) is 0 Å². The molecule has 0 saturated carbocycles. The molecule has 0 saturated heterocycles. The van der Waals surface area contributed by atoms with Gasteiger partial charge in [-0.2, -0.15) is 0 Å². The number of ether oxygens (including phenoxy) is 1. The first-order valence-corrected chi connectivity index (χ1v) is 6.29. The number of halogens is 1. The second kappa shape index (κ2) is 6.00. The van der Waals surface area contributed by atoms with Crippen LogP contribution in [0.2, 0.25) is 0 Å². The first kappa shape index (κ1) is 13.1. The van der Waals surface area contributed by atoms with Crippen molar-refractivity contribution in [3.8, 4) is 5.75 Å². The number of benzene rings is 2. The molecule has 0 radical (unpaired) electrons. The predicted octanol–water partition coefficient (Wildman–Crippen LogP) is 3.01. The van der Waals surface area contributed by atoms with Gasteiger partial charge in [0.1, 0.15) is 5.75 Å². The van der Waals surface area contributed by atoms with Gasteiger partial charge in [-0.05, 0) is 23.8 Å². The Labute approximate surface area is 114 Å². The lowest BCUT2D eigenvalue weighted by Gasteiger charge is -2.14. The summed E-state index contributed by atoms with van der Waals surface area (Å²) in [5, 5.41) is 19.1. The highest BCUT2D eigenvalue weighted by Crippen LogP contribution is 2.25. The molecule has 4 heteroatoms. The average molecular weight is 309 g/mol. The quantitative estimate of drug-likeness (QED) is 0.854. The molecule has 0 spiro atoms. The summed E-state index contributed by atoms with van der Waals surface area (Å²) >= 11 is 3.32. The summed E-state index contributed by atoms with van der Waals surface area (Å²) in [5.41, 5.74) is 1.40. The van der Waals surface area contributed by atoms with Gasteiger partial charge in [0.2, 0.25) is 6.29 Å². The van der Waals surface area contributed by atoms with Crippen molar-refractivity contribution < 1.29 is 14.9 Å². The fraction of sp³-hybridized carbons (Fsp3) is 0.143. The zero-order valence-electron chi connectivity index (χ0n) is 9.58. The van der Waals surface area contributed by atoms with E-state index >= 15 is 0 Å². The Kier molecular flexibility index (Phi) is 4.36. The van der Waals surface area contributed by atoms with E-state index in [0.29, 0.717) is 16.9 Å². The second-order valence-electron chi connectivity index (χ2n) is 3.79. The van der Waals surface area contributed by atoms with Crippen LogP contribution in [0.3, 0.4) is 0 Å². The van der Waals surface area contributed by atoms with Crippen LogP contribution in [0.25, 0.3) is 0 Å². The van der Waals surface area contributed by atoms with Crippen molar-refractivity contribution in [2.24, 2.45) is 0 Å². The van der Waals surface area contributed by atoms with E-state index < -0.39 is 6.29 Å². The van der Waals surface area contributed by atoms with Crippen LogP contribution in [-0.2, 0) is 6.61 Å². The van der Waals surface area contributed by atoms with E-state index in [-0.39, 0.29) is 6.61 Å². The Morgan fingerprint density at radius 1 is 1.11 bits per heavy atom. The first-order valence-electron chi connectivity index (χ1n) is 5.49. The molecule has 3 nitrogen and oxygen atoms in total. The van der Waals surface area contributed by atoms with Gasteiger partial charge in [0, 0.05) is 10.0 Å². The molecule has 0 bridgehead atoms. The standard InChI is InChI=1S/C14H13BrO3/c15-13-7-6-12(8-11(13)9-16)18-14(17)10-4-2-1-3-5-10/h1-8,14,16-17H,9H2. The van der Waals surface area contributed by atoms with E-state index in [1.165, 1.54) is 0 Å². The third kappa shape index (κ3) is 3.10. The molecule has 2 N–H and O–H groups in total. The van der Waals surface area contributed by atoms with E-state index in [4.69, 9.17) is 9.84 Å². The lowest BCUT2D eigenvalue weighted by Crippen LogP contribution is -2.06. The van der Waals surface area contributed by atoms with Crippen LogP contribution in [0.5, 0.6) is 5.75 Å². The summed E-state index contributed by atoms with van der Waals surface area (Å²) in [5.74, 6) is 0.513. The normalized spacial score (nSPS) is 12.2. The van der Waals surface area contributed by atoms with Gasteiger partial charge < -0.3 is 14.9 Å². The number of hydrogen-bond donors (Lipinski definition) is 2. The molecule has 0 aliphatic carbocycles. The van der Waals surface area contributed by atoms with Crippen molar-refractivity contribution in [3.05, 3.63) is 64.1 Å². The monoisotopic (exact) mass is 308 g/mol. The molecule has 0 heterocycles. The summed E-state index contributed by atoms with van der Waals surface area (Å²) in [7, 11) is 0. The van der Waals surface area contributed by atoms with Crippen molar-refractivity contribution in [1.82, 2.24) is 0 Å². The molecular formula is C14H13BrO3. The Bertz CT molecular complexity index is 514. The summed E-state index contributed by atoms with van der Waals surface area (Å²) in [4.78, 5) is 0. The number of aliphatic hydroxyl groups excluding tert-OH is 2. The highest BCUT2D eigenvalue weighted by molar-refractivity contribution is 9.10. The lowest BCUT2D eigenvalue weighted by atomic mass is 10.2. The van der Waals surface area contributed by atoms with Crippen molar-refractivity contribution >= 4 is 15.9 Å². The van der Waals surface area contributed by atoms with Gasteiger partial charge in [-0.1, -0.05) is 46.3 Å². The van der Waals surface area contributed by atoms with Gasteiger partial charge in [0.05, 0.1) is 6.61 Å². The fourth-order valence-corrected chi connectivity index (χ4v) is 1.93. The fourth-order valence-electron chi connectivity index (χ4n) is 1.56. The van der Waals surface area contributed by atoms with Crippen molar-refractivity contribution in [2.75, 3.05) is 0 Å². The molecule has 2 aromatic carbocycles. The van der Waals surface area contributed by atoms with Gasteiger partial charge in [0.25, 0.3) is 0 Å². The molecule has 1 atom stereocenters. The largest absolute Gasteiger partial charge is 0.461 e. The SMILES string of the molecule is OCc1cc(OC(O)c2ccccc2)ccc1Br. The summed E-state index contributed by atoms with van der Waals surface area (Å²) in [6.45, 7) is -0.0841. The molecular weight excluding hydrogens is 296 g/mol. The van der Waals surface area contributed by atoms with Gasteiger partial charge in [-0.15, -0.1) is 0 Å². The topological polar surface area (TPSA) is 49.7 Å². The molecule has 0 aliphatic heterocycles. The molecule has 0 fully saturated rings. The van der Waals surface area contributed by atoms with Crippen LogP contribution in [-0.4, -0.2) is 10.2 Å². The third-order valence-corrected chi connectivity index (χ3v) is 3.29. The zero-order chi connectivity index (χ0) is 13.0. The molecule has 1 unspecified atom stereocenters. The Balaban J connectivity index is 2.14. The number of rotatable bonds is 4. The van der Waals surface area contributed by atoms with Gasteiger partial charge >= 0.3 is 0 Å². The number of hydrogen-bond acceptors (Lipinski definition) is 3. The first-order chi connectivity index (χ1) is 8.70. The van der Waals surface area contributed by atoms with Crippen LogP contribution >= 0.6 is 15.9 Å². The zero-order valence-corrected chi connectivity index (χ0v) is 11.2. The lowest BCUT2D eigenvalue weighted by molar-refractivity contribution is -0.0195. The van der Waals surface area contributed by atoms with Crippen LogP contribution in [0.1, 0.15) is 17.4 Å². The minimum absolute atomic E-state index is 0.0841. The Morgan fingerprint density at radius 3 is 2.50 bits per heavy atom. The molecule has 0 amide bonds. The van der Waals surface area contributed by atoms with E-state index in [0.717, 1.165) is 4.47 Å². The number of aliphatic hydroxyl groups is 2. The Hall–Kier alpha value is -1.36. The average Bonchev–Trinajstić information content (AvgIpc) is 2.42. The maximum absolute atomic E-state index is 9.91. The Morgan fingerprint density at radius 2 is 1.83 bits per heavy atom. The molecule has 94 valence electrons. The van der Waals surface area contributed by atoms with Crippen LogP contribution in [0.15, 0.2) is 53.0 Å². The van der Waals surface area contributed by atoms with Crippen LogP contribution in [0.4, 0.5) is 0 Å². The van der Waals surface area contributed by atoms with E-state index in [1.54, 1.807) is 30.3 Å². The summed E-state index contributed by atoms with van der Waals surface area (Å²) < 4.78 is 6.23. The molecule has 2 aromatic rings. The molecule has 2 rings (SSSR count). The maximum Gasteiger partial charge on any atom is 0.224 e. The van der Waals surface area contributed by atoms with E-state index in [9.17, 15) is 5.11 Å². The highest BCUT2D eigenvalue weighted by atomic mass is 79.9. The van der Waals surface area contributed by atoms with E-state index in [2.05, 4.69) is 15.9 Å². The van der Waals surface area contributed by atoms with Crippen LogP contribution in [0, 0.1) is 0 Å². The van der Waals surface area contributed by atoms with E-state index in [1.807, 2.05) is 18.2 Å². The second-order valence-corrected chi connectivity index (χ2v) is 4.65. The maximum atomic E-state index is 9.91. The smallest absolute Gasteiger partial charge is 0.224 e. The minimum atomic E-state index is -1.01. The molecule has 18 heavy (non-hydrogen) atoms. The predicted molar refractivity (Wildman–Crippen MR) is 72.1 cm³/mol. The molecule has 0 aliphatic rings. The van der Waals surface area contributed by atoms with Gasteiger partial charge in [-0.3, -0.25) is 0 Å². The summed E-state index contributed by atoms with van der Waals surface area (Å²) in [6.07, 6.45) is -1.01. The third-order valence-electron chi connectivity index (χ3n) is 2.52. The van der Waals surface area contributed by atoms with Crippen molar-refractivity contribution in [2.45, 2.75) is 12.9 Å².